The van der Waals surface area contributed by atoms with Gasteiger partial charge < -0.3 is 15.3 Å². The summed E-state index contributed by atoms with van der Waals surface area (Å²) >= 11 is 0. The zero-order valence-corrected chi connectivity index (χ0v) is 14.6. The highest BCUT2D eigenvalue weighted by molar-refractivity contribution is 5.76. The zero-order valence-electron chi connectivity index (χ0n) is 14.6. The van der Waals surface area contributed by atoms with Crippen LogP contribution in [-0.4, -0.2) is 41.1 Å². The van der Waals surface area contributed by atoms with Crippen molar-refractivity contribution in [2.75, 3.05) is 7.05 Å². The molecule has 0 radical (unpaired) electrons. The molecule has 0 heterocycles. The molecule has 0 bridgehead atoms. The third kappa shape index (κ3) is 9.32. The Morgan fingerprint density at radius 1 is 1.19 bits per heavy atom. The maximum absolute atomic E-state index is 12.3. The molecule has 0 fully saturated rings. The fourth-order valence-electron chi connectivity index (χ4n) is 2.44. The number of carboxylic acid groups (broad SMARTS) is 1. The average molecular weight is 300 g/mol. The molecule has 2 N–H and O–H groups in total. The molecule has 0 saturated heterocycles. The fourth-order valence-corrected chi connectivity index (χ4v) is 2.44. The molecule has 0 spiro atoms. The summed E-state index contributed by atoms with van der Waals surface area (Å²) in [6.07, 6.45) is 1.51. The van der Waals surface area contributed by atoms with Gasteiger partial charge in [0.15, 0.2) is 0 Å². The van der Waals surface area contributed by atoms with Crippen molar-refractivity contribution in [2.24, 2.45) is 11.3 Å². The summed E-state index contributed by atoms with van der Waals surface area (Å²) in [5, 5.41) is 11.9. The number of nitrogens with one attached hydrogen (secondary N) is 1. The minimum atomic E-state index is -0.887. The SMILES string of the molecule is CC(C)CC(C)N(C)C(=O)NC(CC(=O)O)CC(C)(C)C. The molecule has 0 saturated carbocycles. The molecule has 2 amide bonds. The van der Waals surface area contributed by atoms with Crippen molar-refractivity contribution < 1.29 is 14.7 Å². The van der Waals surface area contributed by atoms with Crippen LogP contribution in [0.2, 0.25) is 0 Å². The highest BCUT2D eigenvalue weighted by atomic mass is 16.4. The van der Waals surface area contributed by atoms with Crippen LogP contribution in [0, 0.1) is 11.3 Å². The first-order chi connectivity index (χ1) is 9.42. The Morgan fingerprint density at radius 2 is 1.71 bits per heavy atom. The number of amides is 2. The minimum absolute atomic E-state index is 0.0322. The predicted molar refractivity (Wildman–Crippen MR) is 85.3 cm³/mol. The maximum Gasteiger partial charge on any atom is 0.317 e. The first kappa shape index (κ1) is 19.7. The molecule has 0 rings (SSSR count). The van der Waals surface area contributed by atoms with Crippen molar-refractivity contribution in [1.82, 2.24) is 10.2 Å². The van der Waals surface area contributed by atoms with Crippen LogP contribution in [-0.2, 0) is 4.79 Å². The third-order valence-electron chi connectivity index (χ3n) is 3.40. The van der Waals surface area contributed by atoms with Gasteiger partial charge >= 0.3 is 12.0 Å². The second-order valence-electron chi connectivity index (χ2n) is 7.60. The smallest absolute Gasteiger partial charge is 0.317 e. The van der Waals surface area contributed by atoms with Gasteiger partial charge in [0.1, 0.15) is 0 Å². The Kier molecular flexibility index (Phi) is 7.75. The molecule has 124 valence electrons. The molecule has 0 aliphatic heterocycles. The second kappa shape index (κ2) is 8.25. The molecule has 0 aliphatic rings. The van der Waals surface area contributed by atoms with Crippen LogP contribution in [0.4, 0.5) is 4.79 Å². The van der Waals surface area contributed by atoms with Gasteiger partial charge in [0.25, 0.3) is 0 Å². The van der Waals surface area contributed by atoms with E-state index < -0.39 is 5.97 Å². The Labute approximate surface area is 129 Å². The Balaban J connectivity index is 4.67. The highest BCUT2D eigenvalue weighted by Gasteiger charge is 2.25. The van der Waals surface area contributed by atoms with E-state index in [2.05, 4.69) is 19.2 Å². The number of rotatable bonds is 7. The van der Waals surface area contributed by atoms with Crippen LogP contribution in [0.5, 0.6) is 0 Å². The fraction of sp³-hybridized carbons (Fsp3) is 0.875. The van der Waals surface area contributed by atoms with E-state index >= 15 is 0 Å². The van der Waals surface area contributed by atoms with Crippen molar-refractivity contribution in [3.63, 3.8) is 0 Å². The highest BCUT2D eigenvalue weighted by Crippen LogP contribution is 2.22. The number of aliphatic carboxylic acids is 1. The van der Waals surface area contributed by atoms with Gasteiger partial charge in [0.2, 0.25) is 0 Å². The average Bonchev–Trinajstić information content (AvgIpc) is 2.23. The number of carbonyl (C=O) groups excluding carboxylic acids is 1. The van der Waals surface area contributed by atoms with Gasteiger partial charge in [0.05, 0.1) is 6.42 Å². The Morgan fingerprint density at radius 3 is 2.10 bits per heavy atom. The normalized spacial score (nSPS) is 14.7. The van der Waals surface area contributed by atoms with E-state index in [-0.39, 0.29) is 30.0 Å². The topological polar surface area (TPSA) is 69.6 Å². The van der Waals surface area contributed by atoms with Gasteiger partial charge in [-0.2, -0.15) is 0 Å². The van der Waals surface area contributed by atoms with Gasteiger partial charge in [-0.3, -0.25) is 4.79 Å². The van der Waals surface area contributed by atoms with Crippen LogP contribution in [0.3, 0.4) is 0 Å². The summed E-state index contributed by atoms with van der Waals surface area (Å²) in [4.78, 5) is 24.9. The van der Waals surface area contributed by atoms with E-state index in [1.807, 2.05) is 27.7 Å². The van der Waals surface area contributed by atoms with Gasteiger partial charge in [0, 0.05) is 19.1 Å². The summed E-state index contributed by atoms with van der Waals surface area (Å²) < 4.78 is 0. The lowest BCUT2D eigenvalue weighted by molar-refractivity contribution is -0.137. The number of nitrogens with zero attached hydrogens (tertiary/aromatic N) is 1. The van der Waals surface area contributed by atoms with Crippen molar-refractivity contribution >= 4 is 12.0 Å². The van der Waals surface area contributed by atoms with Crippen LogP contribution >= 0.6 is 0 Å². The van der Waals surface area contributed by atoms with Crippen LogP contribution < -0.4 is 5.32 Å². The number of hydrogen-bond acceptors (Lipinski definition) is 2. The molecule has 2 unspecified atom stereocenters. The Hall–Kier alpha value is -1.26. The number of carbonyl (C=O) groups is 2. The monoisotopic (exact) mass is 300 g/mol. The van der Waals surface area contributed by atoms with Gasteiger partial charge in [-0.1, -0.05) is 34.6 Å². The van der Waals surface area contributed by atoms with Crippen molar-refractivity contribution in [1.29, 1.82) is 0 Å². The van der Waals surface area contributed by atoms with E-state index in [4.69, 9.17) is 5.11 Å². The van der Waals surface area contributed by atoms with E-state index in [0.717, 1.165) is 6.42 Å². The summed E-state index contributed by atoms with van der Waals surface area (Å²) in [5.41, 5.74) is -0.0322. The van der Waals surface area contributed by atoms with E-state index in [0.29, 0.717) is 12.3 Å². The van der Waals surface area contributed by atoms with Crippen molar-refractivity contribution in [2.45, 2.75) is 72.9 Å². The standard InChI is InChI=1S/C16H32N2O3/c1-11(2)8-12(3)18(7)15(21)17-13(9-14(19)20)10-16(4,5)6/h11-13H,8-10H2,1-7H3,(H,17,21)(H,19,20). The lowest BCUT2D eigenvalue weighted by atomic mass is 9.87. The molecular formula is C16H32N2O3. The number of urea groups is 1. The predicted octanol–water partition coefficient (Wildman–Crippen LogP) is 3.34. The molecule has 2 atom stereocenters. The molecule has 0 aromatic carbocycles. The first-order valence-corrected chi connectivity index (χ1v) is 7.67. The summed E-state index contributed by atoms with van der Waals surface area (Å²) in [5.74, 6) is -0.373. The van der Waals surface area contributed by atoms with Gasteiger partial charge in [-0.15, -0.1) is 0 Å². The molecular weight excluding hydrogens is 268 g/mol. The maximum atomic E-state index is 12.3. The van der Waals surface area contributed by atoms with Crippen molar-refractivity contribution in [3.05, 3.63) is 0 Å². The molecule has 21 heavy (non-hydrogen) atoms. The summed E-state index contributed by atoms with van der Waals surface area (Å²) in [7, 11) is 1.76. The first-order valence-electron chi connectivity index (χ1n) is 7.67. The second-order valence-corrected chi connectivity index (χ2v) is 7.60. The van der Waals surface area contributed by atoms with Crippen LogP contribution in [0.1, 0.15) is 60.8 Å². The molecule has 5 nitrogen and oxygen atoms in total. The largest absolute Gasteiger partial charge is 0.481 e. The Bertz CT molecular complexity index is 348. The molecule has 0 aromatic rings. The number of hydrogen-bond donors (Lipinski definition) is 2. The van der Waals surface area contributed by atoms with Gasteiger partial charge in [-0.05, 0) is 31.1 Å². The van der Waals surface area contributed by atoms with E-state index in [9.17, 15) is 9.59 Å². The summed E-state index contributed by atoms with van der Waals surface area (Å²) in [6.45, 7) is 12.4. The zero-order chi connectivity index (χ0) is 16.8. The molecule has 0 aromatic heterocycles. The van der Waals surface area contributed by atoms with E-state index in [1.54, 1.807) is 11.9 Å². The van der Waals surface area contributed by atoms with Crippen LogP contribution in [0.15, 0.2) is 0 Å². The molecule has 0 aliphatic carbocycles. The van der Waals surface area contributed by atoms with Crippen molar-refractivity contribution in [3.8, 4) is 0 Å². The summed E-state index contributed by atoms with van der Waals surface area (Å²) in [6, 6.07) is -0.410. The van der Waals surface area contributed by atoms with E-state index in [1.165, 1.54) is 0 Å². The van der Waals surface area contributed by atoms with Gasteiger partial charge in [-0.25, -0.2) is 4.79 Å². The third-order valence-corrected chi connectivity index (χ3v) is 3.40. The lowest BCUT2D eigenvalue weighted by Crippen LogP contribution is -2.48. The molecule has 5 heteroatoms. The van der Waals surface area contributed by atoms with Crippen LogP contribution in [0.25, 0.3) is 0 Å². The quantitative estimate of drug-likeness (QED) is 0.757. The minimum Gasteiger partial charge on any atom is -0.481 e. The lowest BCUT2D eigenvalue weighted by Gasteiger charge is -2.31. The number of carboxylic acids is 1.